The molecule has 1 heterocycles. The summed E-state index contributed by atoms with van der Waals surface area (Å²) in [6.45, 7) is 4.96. The summed E-state index contributed by atoms with van der Waals surface area (Å²) in [7, 11) is 0. The lowest BCUT2D eigenvalue weighted by Gasteiger charge is -2.40. The zero-order chi connectivity index (χ0) is 16.6. The van der Waals surface area contributed by atoms with Gasteiger partial charge in [-0.25, -0.2) is 5.48 Å². The minimum Gasteiger partial charge on any atom is -0.488 e. The number of hydroxylamine groups is 1. The first-order valence-corrected chi connectivity index (χ1v) is 7.96. The van der Waals surface area contributed by atoms with Crippen LogP contribution >= 0.6 is 13.5 Å². The van der Waals surface area contributed by atoms with Crippen molar-refractivity contribution in [3.05, 3.63) is 29.3 Å². The fourth-order valence-electron chi connectivity index (χ4n) is 3.29. The minimum atomic E-state index is -0.580. The maximum atomic E-state index is 12.8. The van der Waals surface area contributed by atoms with E-state index in [0.717, 1.165) is 24.8 Å². The maximum Gasteiger partial charge on any atom is 0.274 e. The highest BCUT2D eigenvalue weighted by molar-refractivity contribution is 7.59. The van der Waals surface area contributed by atoms with Gasteiger partial charge in [-0.2, -0.15) is 13.5 Å². The molecule has 0 spiro atoms. The van der Waals surface area contributed by atoms with Gasteiger partial charge in [0.1, 0.15) is 11.9 Å². The Morgan fingerprint density at radius 1 is 1.38 bits per heavy atom. The summed E-state index contributed by atoms with van der Waals surface area (Å²) >= 11 is 0. The number of rotatable bonds is 2. The van der Waals surface area contributed by atoms with E-state index in [1.165, 1.54) is 0 Å². The highest BCUT2D eigenvalue weighted by atomic mass is 32.1. The SMILES string of the molecule is C[C@H]1CN(C(=O)C2(C)CCC2)Cc2ccc(C(=O)NO)cc2O1.S. The zero-order valence-electron chi connectivity index (χ0n) is 14.0. The van der Waals surface area contributed by atoms with Crippen molar-refractivity contribution in [3.8, 4) is 5.75 Å². The number of hydrogen-bond acceptors (Lipinski definition) is 4. The maximum absolute atomic E-state index is 12.8. The Balaban J connectivity index is 0.00000208. The highest BCUT2D eigenvalue weighted by Gasteiger charge is 2.42. The monoisotopic (exact) mass is 352 g/mol. The van der Waals surface area contributed by atoms with Crippen LogP contribution in [0, 0.1) is 5.41 Å². The average Bonchev–Trinajstić information content (AvgIpc) is 2.68. The summed E-state index contributed by atoms with van der Waals surface area (Å²) in [4.78, 5) is 26.2. The second kappa shape index (κ2) is 7.03. The Hall–Kier alpha value is -1.73. The predicted molar refractivity (Wildman–Crippen MR) is 93.5 cm³/mol. The third-order valence-electron chi connectivity index (χ3n) is 4.86. The van der Waals surface area contributed by atoms with Crippen molar-refractivity contribution in [1.29, 1.82) is 0 Å². The zero-order valence-corrected chi connectivity index (χ0v) is 15.0. The van der Waals surface area contributed by atoms with E-state index in [4.69, 9.17) is 9.94 Å². The third-order valence-corrected chi connectivity index (χ3v) is 4.86. The normalized spacial score (nSPS) is 21.3. The molecule has 7 heteroatoms. The number of ether oxygens (including phenoxy) is 1. The number of fused-ring (bicyclic) bond motifs is 1. The van der Waals surface area contributed by atoms with Gasteiger partial charge in [0, 0.05) is 23.1 Å². The van der Waals surface area contributed by atoms with E-state index in [-0.39, 0.29) is 30.9 Å². The molecule has 24 heavy (non-hydrogen) atoms. The topological polar surface area (TPSA) is 78.9 Å². The number of hydrogen-bond donors (Lipinski definition) is 2. The van der Waals surface area contributed by atoms with E-state index in [9.17, 15) is 9.59 Å². The Morgan fingerprint density at radius 2 is 2.08 bits per heavy atom. The molecule has 1 fully saturated rings. The lowest BCUT2D eigenvalue weighted by molar-refractivity contribution is -0.147. The van der Waals surface area contributed by atoms with Crippen molar-refractivity contribution < 1.29 is 19.5 Å². The van der Waals surface area contributed by atoms with Crippen LogP contribution in [0.25, 0.3) is 0 Å². The van der Waals surface area contributed by atoms with Crippen LogP contribution in [0.15, 0.2) is 18.2 Å². The Morgan fingerprint density at radius 3 is 2.67 bits per heavy atom. The van der Waals surface area contributed by atoms with Crippen LogP contribution in [0.4, 0.5) is 0 Å². The predicted octanol–water partition coefficient (Wildman–Crippen LogP) is 2.22. The molecule has 1 saturated carbocycles. The van der Waals surface area contributed by atoms with E-state index in [2.05, 4.69) is 0 Å². The van der Waals surface area contributed by atoms with Gasteiger partial charge in [-0.1, -0.05) is 19.4 Å². The third kappa shape index (κ3) is 3.37. The molecule has 1 aromatic rings. The van der Waals surface area contributed by atoms with Gasteiger partial charge >= 0.3 is 0 Å². The molecule has 0 radical (unpaired) electrons. The van der Waals surface area contributed by atoms with Gasteiger partial charge in [0.2, 0.25) is 5.91 Å². The molecule has 0 saturated heterocycles. The van der Waals surface area contributed by atoms with Crippen molar-refractivity contribution in [1.82, 2.24) is 10.4 Å². The van der Waals surface area contributed by atoms with E-state index < -0.39 is 5.91 Å². The van der Waals surface area contributed by atoms with Crippen molar-refractivity contribution in [3.63, 3.8) is 0 Å². The second-order valence-electron chi connectivity index (χ2n) is 6.79. The lowest BCUT2D eigenvalue weighted by Crippen LogP contribution is -2.47. The number of carbonyl (C=O) groups excluding carboxylic acids is 2. The Labute approximate surface area is 148 Å². The molecule has 1 aromatic carbocycles. The molecule has 3 rings (SSSR count). The summed E-state index contributed by atoms with van der Waals surface area (Å²) in [5.74, 6) is 0.195. The average molecular weight is 352 g/mol. The summed E-state index contributed by atoms with van der Waals surface area (Å²) in [6, 6.07) is 5.01. The highest BCUT2D eigenvalue weighted by Crippen LogP contribution is 2.42. The number of nitrogens with one attached hydrogen (secondary N) is 1. The number of benzene rings is 1. The Kier molecular flexibility index (Phi) is 5.45. The molecule has 0 unspecified atom stereocenters. The van der Waals surface area contributed by atoms with Gasteiger partial charge < -0.3 is 9.64 Å². The Bertz CT molecular complexity index is 645. The quantitative estimate of drug-likeness (QED) is 0.632. The van der Waals surface area contributed by atoms with Crippen LogP contribution in [0.5, 0.6) is 5.75 Å². The fraction of sp³-hybridized carbons (Fsp3) is 0.529. The summed E-state index contributed by atoms with van der Waals surface area (Å²) < 4.78 is 5.88. The van der Waals surface area contributed by atoms with Crippen LogP contribution < -0.4 is 10.2 Å². The molecule has 1 atom stereocenters. The molecule has 6 nitrogen and oxygen atoms in total. The van der Waals surface area contributed by atoms with E-state index in [0.29, 0.717) is 24.4 Å². The van der Waals surface area contributed by atoms with Crippen LogP contribution in [0.2, 0.25) is 0 Å². The van der Waals surface area contributed by atoms with E-state index in [1.807, 2.05) is 18.7 Å². The van der Waals surface area contributed by atoms with Crippen molar-refractivity contribution in [2.45, 2.75) is 45.8 Å². The smallest absolute Gasteiger partial charge is 0.274 e. The number of nitrogens with zero attached hydrogens (tertiary/aromatic N) is 1. The summed E-state index contributed by atoms with van der Waals surface area (Å²) in [6.07, 6.45) is 2.84. The minimum absolute atomic E-state index is 0. The van der Waals surface area contributed by atoms with Gasteiger partial charge in [0.15, 0.2) is 0 Å². The molecular formula is C17H24N2O4S. The summed E-state index contributed by atoms with van der Waals surface area (Å²) in [5.41, 5.74) is 2.58. The summed E-state index contributed by atoms with van der Waals surface area (Å²) in [5, 5.41) is 8.74. The van der Waals surface area contributed by atoms with Gasteiger partial charge in [0.05, 0.1) is 6.54 Å². The molecule has 0 aromatic heterocycles. The first-order chi connectivity index (χ1) is 10.9. The van der Waals surface area contributed by atoms with Crippen LogP contribution in [-0.4, -0.2) is 34.6 Å². The molecule has 0 bridgehead atoms. The van der Waals surface area contributed by atoms with Gasteiger partial charge in [-0.05, 0) is 31.9 Å². The number of amides is 2. The second-order valence-corrected chi connectivity index (χ2v) is 6.79. The van der Waals surface area contributed by atoms with Gasteiger partial charge in [0.25, 0.3) is 5.91 Å². The van der Waals surface area contributed by atoms with Gasteiger partial charge in [-0.3, -0.25) is 14.8 Å². The molecule has 2 amide bonds. The van der Waals surface area contributed by atoms with Crippen LogP contribution in [-0.2, 0) is 11.3 Å². The molecular weight excluding hydrogens is 328 g/mol. The van der Waals surface area contributed by atoms with Crippen LogP contribution in [0.3, 0.4) is 0 Å². The molecule has 1 aliphatic carbocycles. The molecule has 2 aliphatic rings. The molecule has 1 aliphatic heterocycles. The number of carbonyl (C=O) groups is 2. The largest absolute Gasteiger partial charge is 0.488 e. The first kappa shape index (κ1) is 18.6. The van der Waals surface area contributed by atoms with Crippen molar-refractivity contribution in [2.24, 2.45) is 5.41 Å². The van der Waals surface area contributed by atoms with Crippen molar-refractivity contribution in [2.75, 3.05) is 6.54 Å². The van der Waals surface area contributed by atoms with Gasteiger partial charge in [-0.15, -0.1) is 0 Å². The van der Waals surface area contributed by atoms with E-state index in [1.54, 1.807) is 23.7 Å². The first-order valence-electron chi connectivity index (χ1n) is 7.96. The standard InChI is InChI=1S/C17H22N2O4.H2S/c1-11-9-19(16(21)17(2)6-3-7-17)10-13-5-4-12(15(20)18-22)8-14(13)23-11;/h4-5,8,11,22H,3,6-7,9-10H2,1-2H3,(H,18,20);1H2/t11-;/m0./s1. The van der Waals surface area contributed by atoms with Crippen LogP contribution in [0.1, 0.15) is 49.0 Å². The molecule has 132 valence electrons. The van der Waals surface area contributed by atoms with Crippen molar-refractivity contribution >= 4 is 25.3 Å². The lowest BCUT2D eigenvalue weighted by atomic mass is 9.69. The molecule has 2 N–H and O–H groups in total. The van der Waals surface area contributed by atoms with E-state index >= 15 is 0 Å². The fourth-order valence-corrected chi connectivity index (χ4v) is 3.29.